The third-order valence-electron chi connectivity index (χ3n) is 9.18. The number of aryl methyl sites for hydroxylation is 2. The van der Waals surface area contributed by atoms with Crippen molar-refractivity contribution >= 4 is 44.1 Å². The van der Waals surface area contributed by atoms with Gasteiger partial charge in [0.05, 0.1) is 0 Å². The van der Waals surface area contributed by atoms with Gasteiger partial charge in [-0.25, -0.2) is 29.9 Å². The SMILES string of the molecule is Cc1c(C)c(C)c2c3nc4nc(nc5[nH]c(nc6nc(nc([nH]3)c2c1C)-c1ccccc1-6)c1ccccc51)-c1ccccc1-4.[Cu]. The van der Waals surface area contributed by atoms with Crippen molar-refractivity contribution in [3.8, 4) is 45.6 Å². The van der Waals surface area contributed by atoms with Crippen LogP contribution in [0, 0.1) is 27.7 Å². The molecule has 7 aromatic rings. The second kappa shape index (κ2) is 9.89. The molecule has 3 aromatic heterocycles. The normalized spacial score (nSPS) is 11.8. The quantitative estimate of drug-likeness (QED) is 0.163. The van der Waals surface area contributed by atoms with Crippen LogP contribution in [-0.2, 0) is 17.1 Å². The zero-order valence-corrected chi connectivity index (χ0v) is 25.9. The van der Waals surface area contributed by atoms with E-state index >= 15 is 0 Å². The molecule has 0 atom stereocenters. The Hall–Kier alpha value is -5.24. The van der Waals surface area contributed by atoms with Gasteiger partial charge < -0.3 is 9.97 Å². The van der Waals surface area contributed by atoms with Gasteiger partial charge in [0.15, 0.2) is 23.3 Å². The fraction of sp³-hybridized carbons (Fsp3) is 0.111. The molecule has 0 fully saturated rings. The zero-order chi connectivity index (χ0) is 29.7. The van der Waals surface area contributed by atoms with Crippen LogP contribution in [0.5, 0.6) is 0 Å². The minimum Gasteiger partial charge on any atom is -0.324 e. The van der Waals surface area contributed by atoms with Gasteiger partial charge >= 0.3 is 0 Å². The van der Waals surface area contributed by atoms with Crippen molar-refractivity contribution in [3.63, 3.8) is 0 Å². The topological polar surface area (TPSA) is 109 Å². The minimum absolute atomic E-state index is 0. The summed E-state index contributed by atoms with van der Waals surface area (Å²) in [4.78, 5) is 37.6. The average molecular weight is 634 g/mol. The number of fused-ring (bicyclic) bond motifs is 20. The standard InChI is InChI=1S/C36H26N8.Cu/c1-17-18(2)20(4)28-27(19(17)3)35-42-33-25-15-9-7-13-23(25)31(40-33)38-29-21-11-5-6-12-22(21)30(37-29)39-32-24-14-8-10-16-26(24)34(41-32)43-36(28)44-35;/h5-16H,1-4H3,(H2,37,38,39,40,41,42,43,44);. The summed E-state index contributed by atoms with van der Waals surface area (Å²) >= 11 is 0. The minimum atomic E-state index is 0. The maximum atomic E-state index is 5.19. The summed E-state index contributed by atoms with van der Waals surface area (Å²) in [6.07, 6.45) is 0. The Kier molecular flexibility index (Phi) is 6.00. The van der Waals surface area contributed by atoms with Gasteiger partial charge in [-0.1, -0.05) is 72.8 Å². The molecule has 45 heavy (non-hydrogen) atoms. The Labute approximate surface area is 268 Å². The molecule has 5 heterocycles. The molecule has 0 spiro atoms. The van der Waals surface area contributed by atoms with E-state index in [4.69, 9.17) is 29.9 Å². The van der Waals surface area contributed by atoms with Crippen LogP contribution in [0.3, 0.4) is 0 Å². The van der Waals surface area contributed by atoms with Crippen molar-refractivity contribution in [2.24, 2.45) is 0 Å². The summed E-state index contributed by atoms with van der Waals surface area (Å²) in [5.74, 6) is 2.42. The number of aromatic amines is 2. The second-order valence-electron chi connectivity index (χ2n) is 11.5. The molecule has 2 aliphatic rings. The number of rotatable bonds is 0. The second-order valence-corrected chi connectivity index (χ2v) is 11.5. The number of hydrogen-bond acceptors (Lipinski definition) is 6. The molecular formula is C36H26CuN8. The molecule has 8 nitrogen and oxygen atoms in total. The van der Waals surface area contributed by atoms with Gasteiger partial charge in [-0.2, -0.15) is 0 Å². The Morgan fingerprint density at radius 1 is 0.378 bits per heavy atom. The molecule has 8 bridgehead atoms. The molecule has 4 aromatic carbocycles. The molecular weight excluding hydrogens is 608 g/mol. The van der Waals surface area contributed by atoms with E-state index in [1.54, 1.807) is 0 Å². The number of nitrogens with one attached hydrogen (secondary N) is 2. The summed E-state index contributed by atoms with van der Waals surface area (Å²) in [6, 6.07) is 24.3. The third-order valence-corrected chi connectivity index (χ3v) is 9.18. The van der Waals surface area contributed by atoms with E-state index in [9.17, 15) is 0 Å². The van der Waals surface area contributed by atoms with Crippen LogP contribution in [0.4, 0.5) is 0 Å². The fourth-order valence-electron chi connectivity index (χ4n) is 6.58. The summed E-state index contributed by atoms with van der Waals surface area (Å²) in [7, 11) is 0. The van der Waals surface area contributed by atoms with E-state index in [0.29, 0.717) is 34.6 Å². The first-order valence-electron chi connectivity index (χ1n) is 14.7. The van der Waals surface area contributed by atoms with Gasteiger partial charge in [-0.15, -0.1) is 0 Å². The first kappa shape index (κ1) is 27.3. The maximum Gasteiger partial charge on any atom is 0.164 e. The molecule has 1 radical (unpaired) electrons. The van der Waals surface area contributed by atoms with Gasteiger partial charge in [0.25, 0.3) is 0 Å². The zero-order valence-electron chi connectivity index (χ0n) is 24.9. The number of benzene rings is 4. The Balaban J connectivity index is 0.00000300. The van der Waals surface area contributed by atoms with E-state index in [1.165, 1.54) is 22.3 Å². The molecule has 0 aliphatic carbocycles. The van der Waals surface area contributed by atoms with Crippen molar-refractivity contribution in [2.45, 2.75) is 27.7 Å². The summed E-state index contributed by atoms with van der Waals surface area (Å²) in [5, 5.41) is 4.00. The first-order chi connectivity index (χ1) is 21.5. The molecule has 9 rings (SSSR count). The summed E-state index contributed by atoms with van der Waals surface area (Å²) in [6.45, 7) is 8.65. The van der Waals surface area contributed by atoms with Crippen LogP contribution in [0.15, 0.2) is 72.8 Å². The molecule has 2 aliphatic heterocycles. The number of H-pyrrole nitrogens is 2. The average Bonchev–Trinajstić information content (AvgIpc) is 3.78. The number of aromatic nitrogens is 8. The maximum absolute atomic E-state index is 5.19. The van der Waals surface area contributed by atoms with Crippen molar-refractivity contribution in [1.29, 1.82) is 0 Å². The van der Waals surface area contributed by atoms with E-state index in [1.807, 2.05) is 72.8 Å². The van der Waals surface area contributed by atoms with Crippen LogP contribution in [0.2, 0.25) is 0 Å². The Morgan fingerprint density at radius 3 is 1.07 bits per heavy atom. The monoisotopic (exact) mass is 633 g/mol. The predicted molar refractivity (Wildman–Crippen MR) is 175 cm³/mol. The Bertz CT molecular complexity index is 2390. The van der Waals surface area contributed by atoms with Crippen LogP contribution in [0.1, 0.15) is 22.3 Å². The largest absolute Gasteiger partial charge is 0.324 e. The first-order valence-corrected chi connectivity index (χ1v) is 14.7. The van der Waals surface area contributed by atoms with Crippen molar-refractivity contribution in [1.82, 2.24) is 39.9 Å². The molecule has 0 saturated carbocycles. The third kappa shape index (κ3) is 3.91. The van der Waals surface area contributed by atoms with E-state index in [0.717, 1.165) is 55.1 Å². The molecule has 221 valence electrons. The fourth-order valence-corrected chi connectivity index (χ4v) is 6.58. The summed E-state index contributed by atoms with van der Waals surface area (Å²) in [5.41, 5.74) is 11.4. The predicted octanol–water partition coefficient (Wildman–Crippen LogP) is 8.10. The number of nitrogens with zero attached hydrogens (tertiary/aromatic N) is 6. The molecule has 2 N–H and O–H groups in total. The summed E-state index contributed by atoms with van der Waals surface area (Å²) < 4.78 is 0. The van der Waals surface area contributed by atoms with Crippen LogP contribution >= 0.6 is 0 Å². The molecule has 0 unspecified atom stereocenters. The van der Waals surface area contributed by atoms with Crippen LogP contribution in [0.25, 0.3) is 89.7 Å². The van der Waals surface area contributed by atoms with Crippen LogP contribution in [-0.4, -0.2) is 39.9 Å². The smallest absolute Gasteiger partial charge is 0.164 e. The van der Waals surface area contributed by atoms with Gasteiger partial charge in [0.2, 0.25) is 0 Å². The molecule has 0 amide bonds. The number of hydrogen-bond donors (Lipinski definition) is 2. The van der Waals surface area contributed by atoms with Crippen LogP contribution < -0.4 is 0 Å². The Morgan fingerprint density at radius 2 is 0.689 bits per heavy atom. The van der Waals surface area contributed by atoms with Gasteiger partial charge in [0, 0.05) is 60.9 Å². The van der Waals surface area contributed by atoms with E-state index in [-0.39, 0.29) is 17.1 Å². The molecule has 0 saturated heterocycles. The van der Waals surface area contributed by atoms with Gasteiger partial charge in [-0.3, -0.25) is 0 Å². The van der Waals surface area contributed by atoms with Crippen molar-refractivity contribution < 1.29 is 17.1 Å². The van der Waals surface area contributed by atoms with E-state index in [2.05, 4.69) is 37.7 Å². The van der Waals surface area contributed by atoms with Crippen molar-refractivity contribution in [2.75, 3.05) is 0 Å². The van der Waals surface area contributed by atoms with Gasteiger partial charge in [-0.05, 0) is 49.9 Å². The van der Waals surface area contributed by atoms with Crippen molar-refractivity contribution in [3.05, 3.63) is 95.1 Å². The molecule has 9 heteroatoms. The van der Waals surface area contributed by atoms with Gasteiger partial charge in [0.1, 0.15) is 22.6 Å². The van der Waals surface area contributed by atoms with E-state index < -0.39 is 0 Å².